The van der Waals surface area contributed by atoms with Crippen molar-refractivity contribution in [2.45, 2.75) is 12.8 Å². The quantitative estimate of drug-likeness (QED) is 0.699. The lowest BCUT2D eigenvalue weighted by Gasteiger charge is -2.22. The van der Waals surface area contributed by atoms with Crippen LogP contribution in [0.3, 0.4) is 0 Å². The zero-order valence-electron chi connectivity index (χ0n) is 10.4. The molecule has 0 aromatic carbocycles. The molecule has 1 fully saturated rings. The molecule has 3 aromatic heterocycles. The van der Waals surface area contributed by atoms with E-state index in [-0.39, 0.29) is 0 Å². The van der Waals surface area contributed by atoms with E-state index in [0.717, 1.165) is 17.2 Å². The minimum absolute atomic E-state index is 0.297. The number of fused-ring (bicyclic) bond motifs is 1. The number of furan rings is 1. The monoisotopic (exact) mass is 256 g/mol. The van der Waals surface area contributed by atoms with Gasteiger partial charge in [-0.25, -0.2) is 9.97 Å². The van der Waals surface area contributed by atoms with E-state index < -0.39 is 0 Å². The summed E-state index contributed by atoms with van der Waals surface area (Å²) >= 11 is 0. The Bertz CT molecular complexity index is 742. The molecule has 3 aromatic rings. The first-order valence-electron chi connectivity index (χ1n) is 6.17. The van der Waals surface area contributed by atoms with Gasteiger partial charge < -0.3 is 9.15 Å². The summed E-state index contributed by atoms with van der Waals surface area (Å²) in [5, 5.41) is 4.52. The molecule has 0 aliphatic carbocycles. The molecule has 0 saturated carbocycles. The lowest BCUT2D eigenvalue weighted by atomic mass is 10.1. The number of rotatable bonds is 2. The highest BCUT2D eigenvalue weighted by atomic mass is 16.5. The molecule has 0 N–H and O–H groups in total. The van der Waals surface area contributed by atoms with E-state index in [0.29, 0.717) is 30.7 Å². The molecule has 1 saturated heterocycles. The third kappa shape index (κ3) is 1.64. The van der Waals surface area contributed by atoms with Crippen LogP contribution in [0.25, 0.3) is 17.2 Å². The van der Waals surface area contributed by atoms with Gasteiger partial charge in [0.15, 0.2) is 23.1 Å². The minimum Gasteiger partial charge on any atom is -0.458 e. The minimum atomic E-state index is 0.297. The summed E-state index contributed by atoms with van der Waals surface area (Å²) in [4.78, 5) is 8.86. The van der Waals surface area contributed by atoms with Gasteiger partial charge in [-0.1, -0.05) is 0 Å². The summed E-state index contributed by atoms with van der Waals surface area (Å²) in [6.45, 7) is 3.29. The highest BCUT2D eigenvalue weighted by Gasteiger charge is 2.25. The molecule has 19 heavy (non-hydrogen) atoms. The van der Waals surface area contributed by atoms with E-state index in [1.54, 1.807) is 10.7 Å². The van der Waals surface area contributed by atoms with E-state index in [1.165, 1.54) is 0 Å². The maximum Gasteiger partial charge on any atom is 0.198 e. The fraction of sp³-hybridized carbons (Fsp3) is 0.308. The van der Waals surface area contributed by atoms with E-state index in [1.807, 2.05) is 25.1 Å². The first-order valence-corrected chi connectivity index (χ1v) is 6.17. The molecule has 0 atom stereocenters. The second-order valence-electron chi connectivity index (χ2n) is 4.65. The molecule has 1 aliphatic heterocycles. The Morgan fingerprint density at radius 3 is 2.84 bits per heavy atom. The number of ether oxygens (including phenoxy) is 1. The van der Waals surface area contributed by atoms with Crippen LogP contribution in [0.2, 0.25) is 0 Å². The zero-order chi connectivity index (χ0) is 12.8. The molecule has 6 nitrogen and oxygen atoms in total. The van der Waals surface area contributed by atoms with Crippen LogP contribution in [0, 0.1) is 6.92 Å². The van der Waals surface area contributed by atoms with Crippen molar-refractivity contribution in [1.82, 2.24) is 19.6 Å². The fourth-order valence-electron chi connectivity index (χ4n) is 2.11. The molecular weight excluding hydrogens is 244 g/mol. The van der Waals surface area contributed by atoms with Gasteiger partial charge in [-0.15, -0.1) is 5.10 Å². The molecule has 4 heterocycles. The van der Waals surface area contributed by atoms with Crippen molar-refractivity contribution in [2.75, 3.05) is 13.2 Å². The van der Waals surface area contributed by atoms with Gasteiger partial charge in [0.1, 0.15) is 5.76 Å². The standard InChI is InChI=1S/C13H12N4O2/c1-8-2-3-10(19-8)13-14-5-4-11-15-12(16-17(11)13)9-6-18-7-9/h2-5,9H,6-7H2,1H3. The number of aromatic nitrogens is 4. The van der Waals surface area contributed by atoms with Gasteiger partial charge in [-0.05, 0) is 19.1 Å². The SMILES string of the molecule is Cc1ccc(-c2nccc3nc(C4COC4)nn23)o1. The largest absolute Gasteiger partial charge is 0.458 e. The van der Waals surface area contributed by atoms with Crippen molar-refractivity contribution in [2.24, 2.45) is 0 Å². The predicted molar refractivity (Wildman–Crippen MR) is 66.8 cm³/mol. The molecule has 0 unspecified atom stereocenters. The van der Waals surface area contributed by atoms with Crippen LogP contribution in [0.4, 0.5) is 0 Å². The predicted octanol–water partition coefficient (Wildman–Crippen LogP) is 1.81. The van der Waals surface area contributed by atoms with Gasteiger partial charge >= 0.3 is 0 Å². The Morgan fingerprint density at radius 2 is 2.16 bits per heavy atom. The van der Waals surface area contributed by atoms with Crippen molar-refractivity contribution in [3.05, 3.63) is 36.0 Å². The molecule has 0 amide bonds. The van der Waals surface area contributed by atoms with Crippen LogP contribution < -0.4 is 0 Å². The van der Waals surface area contributed by atoms with Crippen molar-refractivity contribution in [3.63, 3.8) is 0 Å². The van der Waals surface area contributed by atoms with E-state index in [4.69, 9.17) is 9.15 Å². The molecular formula is C13H12N4O2. The summed E-state index contributed by atoms with van der Waals surface area (Å²) in [5.74, 6) is 3.32. The molecule has 0 bridgehead atoms. The third-order valence-corrected chi connectivity index (χ3v) is 3.23. The average Bonchev–Trinajstić information content (AvgIpc) is 2.92. The Morgan fingerprint density at radius 1 is 1.26 bits per heavy atom. The topological polar surface area (TPSA) is 65.5 Å². The van der Waals surface area contributed by atoms with Crippen LogP contribution in [0.15, 0.2) is 28.8 Å². The van der Waals surface area contributed by atoms with Crippen LogP contribution in [-0.2, 0) is 4.74 Å². The van der Waals surface area contributed by atoms with Crippen LogP contribution in [0.5, 0.6) is 0 Å². The smallest absolute Gasteiger partial charge is 0.198 e. The van der Waals surface area contributed by atoms with Gasteiger partial charge in [0, 0.05) is 12.3 Å². The first kappa shape index (κ1) is 10.7. The van der Waals surface area contributed by atoms with Crippen molar-refractivity contribution in [3.8, 4) is 11.6 Å². The van der Waals surface area contributed by atoms with E-state index in [2.05, 4.69) is 15.1 Å². The fourth-order valence-corrected chi connectivity index (χ4v) is 2.11. The third-order valence-electron chi connectivity index (χ3n) is 3.23. The number of hydrogen-bond donors (Lipinski definition) is 0. The lowest BCUT2D eigenvalue weighted by Crippen LogP contribution is -2.26. The maximum absolute atomic E-state index is 5.61. The highest BCUT2D eigenvalue weighted by Crippen LogP contribution is 2.24. The second-order valence-corrected chi connectivity index (χ2v) is 4.65. The Labute approximate surface area is 109 Å². The molecule has 6 heteroatoms. The average molecular weight is 256 g/mol. The zero-order valence-corrected chi connectivity index (χ0v) is 10.4. The highest BCUT2D eigenvalue weighted by molar-refractivity contribution is 5.53. The van der Waals surface area contributed by atoms with Gasteiger partial charge in [0.2, 0.25) is 0 Å². The second kappa shape index (κ2) is 3.89. The normalized spacial score (nSPS) is 15.8. The van der Waals surface area contributed by atoms with Gasteiger partial charge in [-0.3, -0.25) is 0 Å². The maximum atomic E-state index is 5.61. The van der Waals surface area contributed by atoms with E-state index >= 15 is 0 Å². The summed E-state index contributed by atoms with van der Waals surface area (Å²) in [7, 11) is 0. The Balaban J connectivity index is 1.88. The van der Waals surface area contributed by atoms with Gasteiger partial charge in [0.05, 0.1) is 19.1 Å². The Hall–Kier alpha value is -2.21. The van der Waals surface area contributed by atoms with Crippen LogP contribution in [-0.4, -0.2) is 32.8 Å². The summed E-state index contributed by atoms with van der Waals surface area (Å²) in [5.41, 5.74) is 0.779. The van der Waals surface area contributed by atoms with Crippen LogP contribution in [0.1, 0.15) is 17.5 Å². The Kier molecular flexibility index (Phi) is 2.19. The number of nitrogens with zero attached hydrogens (tertiary/aromatic N) is 4. The van der Waals surface area contributed by atoms with Crippen molar-refractivity contribution in [1.29, 1.82) is 0 Å². The molecule has 4 rings (SSSR count). The van der Waals surface area contributed by atoms with Crippen molar-refractivity contribution < 1.29 is 9.15 Å². The van der Waals surface area contributed by atoms with Gasteiger partial charge in [0.25, 0.3) is 0 Å². The molecule has 1 aliphatic rings. The van der Waals surface area contributed by atoms with Crippen molar-refractivity contribution >= 4 is 5.65 Å². The van der Waals surface area contributed by atoms with Gasteiger partial charge in [-0.2, -0.15) is 4.52 Å². The summed E-state index contributed by atoms with van der Waals surface area (Å²) < 4.78 is 12.5. The van der Waals surface area contributed by atoms with E-state index in [9.17, 15) is 0 Å². The van der Waals surface area contributed by atoms with Crippen LogP contribution >= 0.6 is 0 Å². The summed E-state index contributed by atoms with van der Waals surface area (Å²) in [6.07, 6.45) is 1.72. The molecule has 96 valence electrons. The molecule has 0 spiro atoms. The lowest BCUT2D eigenvalue weighted by molar-refractivity contribution is 0.00497. The molecule has 0 radical (unpaired) electrons. The first-order chi connectivity index (χ1) is 9.31. The summed E-state index contributed by atoms with van der Waals surface area (Å²) in [6, 6.07) is 5.65. The number of hydrogen-bond acceptors (Lipinski definition) is 5. The number of aryl methyl sites for hydroxylation is 1.